The van der Waals surface area contributed by atoms with Crippen LogP contribution in [0.25, 0.3) is 22.0 Å². The van der Waals surface area contributed by atoms with E-state index in [1.807, 2.05) is 48.5 Å². The SMILES string of the molecule is CCC1CCC[N+]1(NC(=O)[C@H](CC(C)C)NC(=O)c1cc2ccccc2cn1)c1cccc(-c2ccccn2)c1. The molecule has 0 spiro atoms. The minimum atomic E-state index is -0.687. The highest BCUT2D eigenvalue weighted by Gasteiger charge is 2.46. The molecular formula is C33H38N5O2+. The Kier molecular flexibility index (Phi) is 8.21. The fourth-order valence-electron chi connectivity index (χ4n) is 5.91. The highest BCUT2D eigenvalue weighted by atomic mass is 16.2. The smallest absolute Gasteiger partial charge is 0.287 e. The molecule has 3 atom stereocenters. The van der Waals surface area contributed by atoms with Crippen molar-refractivity contribution in [3.05, 3.63) is 90.9 Å². The number of benzene rings is 2. The number of carbonyl (C=O) groups excluding carboxylic acids is 2. The summed E-state index contributed by atoms with van der Waals surface area (Å²) in [7, 11) is 0. The van der Waals surface area contributed by atoms with Gasteiger partial charge >= 0.3 is 0 Å². The summed E-state index contributed by atoms with van der Waals surface area (Å²) in [6, 6.07) is 23.3. The Morgan fingerprint density at radius 3 is 2.52 bits per heavy atom. The number of nitrogens with zero attached hydrogens (tertiary/aromatic N) is 3. The molecule has 0 aliphatic carbocycles. The Morgan fingerprint density at radius 2 is 1.77 bits per heavy atom. The third-order valence-corrected chi connectivity index (χ3v) is 7.91. The second-order valence-electron chi connectivity index (χ2n) is 11.1. The minimum Gasteiger partial charge on any atom is -0.339 e. The van der Waals surface area contributed by atoms with Crippen LogP contribution in [0.4, 0.5) is 5.69 Å². The Hall–Kier alpha value is -4.10. The number of quaternary nitrogens is 1. The number of amides is 2. The van der Waals surface area contributed by atoms with Gasteiger partial charge in [-0.05, 0) is 42.3 Å². The molecule has 4 aromatic rings. The number of nitrogens with one attached hydrogen (secondary N) is 2. The molecule has 2 N–H and O–H groups in total. The maximum absolute atomic E-state index is 14.0. The lowest BCUT2D eigenvalue weighted by Crippen LogP contribution is -2.67. The van der Waals surface area contributed by atoms with E-state index in [9.17, 15) is 9.59 Å². The lowest BCUT2D eigenvalue weighted by Gasteiger charge is -2.39. The van der Waals surface area contributed by atoms with Crippen LogP contribution in [-0.4, -0.2) is 40.4 Å². The van der Waals surface area contributed by atoms with Gasteiger partial charge in [0.05, 0.1) is 5.69 Å². The maximum Gasteiger partial charge on any atom is 0.287 e. The van der Waals surface area contributed by atoms with Crippen LogP contribution >= 0.6 is 0 Å². The standard InChI is InChI=1S/C33H37N5O2/c1-4-27-15-10-18-38(27,28-14-9-13-25(20-28)29-16-7-8-17-34-29)37-33(40)31(19-23(2)3)36-32(39)30-21-24-11-5-6-12-26(24)22-35-30/h5-9,11-14,16-17,20-23,27,31H,4,10,15,18-19H2,1-3H3,(H-,36,37,39,40)/p+1/t27?,31-,38?/m0/s1. The second kappa shape index (κ2) is 12.0. The Morgan fingerprint density at radius 1 is 0.975 bits per heavy atom. The molecule has 0 bridgehead atoms. The first kappa shape index (κ1) is 27.5. The van der Waals surface area contributed by atoms with Gasteiger partial charge in [0, 0.05) is 48.3 Å². The van der Waals surface area contributed by atoms with Gasteiger partial charge in [-0.3, -0.25) is 19.6 Å². The van der Waals surface area contributed by atoms with E-state index in [0.717, 1.165) is 53.5 Å². The van der Waals surface area contributed by atoms with Crippen molar-refractivity contribution < 1.29 is 9.59 Å². The van der Waals surface area contributed by atoms with Gasteiger partial charge in [0.15, 0.2) is 5.69 Å². The quantitative estimate of drug-likeness (QED) is 0.255. The second-order valence-corrected chi connectivity index (χ2v) is 11.1. The van der Waals surface area contributed by atoms with Gasteiger partial charge in [-0.1, -0.05) is 63.2 Å². The molecule has 1 aliphatic heterocycles. The van der Waals surface area contributed by atoms with Gasteiger partial charge in [-0.2, -0.15) is 10.0 Å². The maximum atomic E-state index is 14.0. The van der Waals surface area contributed by atoms with Crippen molar-refractivity contribution in [2.75, 3.05) is 6.54 Å². The molecule has 206 valence electrons. The van der Waals surface area contributed by atoms with E-state index < -0.39 is 6.04 Å². The Bertz CT molecular complexity index is 1490. The van der Waals surface area contributed by atoms with Gasteiger partial charge in [0.25, 0.3) is 11.8 Å². The topological polar surface area (TPSA) is 84.0 Å². The van der Waals surface area contributed by atoms with Crippen LogP contribution in [0.3, 0.4) is 0 Å². The predicted octanol–water partition coefficient (Wildman–Crippen LogP) is 6.05. The summed E-state index contributed by atoms with van der Waals surface area (Å²) in [6.07, 6.45) is 6.98. The molecule has 2 amide bonds. The van der Waals surface area contributed by atoms with Crippen LogP contribution < -0.4 is 15.3 Å². The van der Waals surface area contributed by atoms with Crippen molar-refractivity contribution in [2.24, 2.45) is 5.92 Å². The normalized spacial score (nSPS) is 19.4. The average Bonchev–Trinajstić information content (AvgIpc) is 3.40. The molecule has 2 aromatic heterocycles. The first-order chi connectivity index (χ1) is 19.4. The van der Waals surface area contributed by atoms with Crippen LogP contribution in [0, 0.1) is 5.92 Å². The fraction of sp³-hybridized carbons (Fsp3) is 0.333. The van der Waals surface area contributed by atoms with Crippen LogP contribution in [0.1, 0.15) is 56.9 Å². The molecule has 7 nitrogen and oxygen atoms in total. The number of fused-ring (bicyclic) bond motifs is 1. The van der Waals surface area contributed by atoms with Crippen LogP contribution in [0.5, 0.6) is 0 Å². The van der Waals surface area contributed by atoms with Gasteiger partial charge in [0.1, 0.15) is 24.3 Å². The number of rotatable bonds is 9. The van der Waals surface area contributed by atoms with Crippen molar-refractivity contribution in [3.8, 4) is 11.3 Å². The van der Waals surface area contributed by atoms with Crippen molar-refractivity contribution in [1.82, 2.24) is 25.3 Å². The van der Waals surface area contributed by atoms with Crippen LogP contribution in [-0.2, 0) is 4.79 Å². The number of hydrogen-bond donors (Lipinski definition) is 2. The largest absolute Gasteiger partial charge is 0.339 e. The summed E-state index contributed by atoms with van der Waals surface area (Å²) >= 11 is 0. The van der Waals surface area contributed by atoms with E-state index in [4.69, 9.17) is 0 Å². The van der Waals surface area contributed by atoms with Crippen molar-refractivity contribution in [3.63, 3.8) is 0 Å². The molecule has 5 rings (SSSR count). The van der Waals surface area contributed by atoms with E-state index in [1.165, 1.54) is 0 Å². The zero-order valence-electron chi connectivity index (χ0n) is 23.5. The Labute approximate surface area is 236 Å². The van der Waals surface area contributed by atoms with Gasteiger partial charge in [-0.15, -0.1) is 0 Å². The number of hydrogen-bond acceptors (Lipinski definition) is 4. The van der Waals surface area contributed by atoms with Crippen molar-refractivity contribution in [1.29, 1.82) is 0 Å². The molecule has 40 heavy (non-hydrogen) atoms. The fourth-order valence-corrected chi connectivity index (χ4v) is 5.91. The molecular weight excluding hydrogens is 498 g/mol. The molecule has 1 saturated heterocycles. The molecule has 2 aromatic carbocycles. The number of aromatic nitrogens is 2. The van der Waals surface area contributed by atoms with Crippen molar-refractivity contribution >= 4 is 28.3 Å². The van der Waals surface area contributed by atoms with Gasteiger partial charge < -0.3 is 5.32 Å². The average molecular weight is 537 g/mol. The summed E-state index contributed by atoms with van der Waals surface area (Å²) < 4.78 is 0.370. The van der Waals surface area contributed by atoms with Gasteiger partial charge in [-0.25, -0.2) is 0 Å². The van der Waals surface area contributed by atoms with E-state index in [0.29, 0.717) is 16.7 Å². The summed E-state index contributed by atoms with van der Waals surface area (Å²) in [5.41, 5.74) is 6.67. The molecule has 3 heterocycles. The van der Waals surface area contributed by atoms with Crippen LogP contribution in [0.2, 0.25) is 0 Å². The molecule has 7 heteroatoms. The van der Waals surface area contributed by atoms with E-state index in [-0.39, 0.29) is 23.8 Å². The number of pyridine rings is 2. The monoisotopic (exact) mass is 536 g/mol. The van der Waals surface area contributed by atoms with Crippen molar-refractivity contribution in [2.45, 2.75) is 58.5 Å². The van der Waals surface area contributed by atoms with E-state index in [1.54, 1.807) is 18.5 Å². The molecule has 0 radical (unpaired) electrons. The third kappa shape index (κ3) is 5.75. The summed E-state index contributed by atoms with van der Waals surface area (Å²) in [5, 5.41) is 4.91. The van der Waals surface area contributed by atoms with E-state index >= 15 is 0 Å². The summed E-state index contributed by atoms with van der Waals surface area (Å²) in [6.45, 7) is 7.10. The summed E-state index contributed by atoms with van der Waals surface area (Å²) in [4.78, 5) is 36.3. The minimum absolute atomic E-state index is 0.175. The predicted molar refractivity (Wildman–Crippen MR) is 160 cm³/mol. The summed E-state index contributed by atoms with van der Waals surface area (Å²) in [5.74, 6) is -0.308. The highest BCUT2D eigenvalue weighted by Crippen LogP contribution is 2.36. The lowest BCUT2D eigenvalue weighted by atomic mass is 10.0. The molecule has 0 saturated carbocycles. The molecule has 2 unspecified atom stereocenters. The van der Waals surface area contributed by atoms with Gasteiger partial charge in [0.2, 0.25) is 0 Å². The first-order valence-corrected chi connectivity index (χ1v) is 14.3. The van der Waals surface area contributed by atoms with E-state index in [2.05, 4.69) is 59.7 Å². The molecule has 1 fully saturated rings. The third-order valence-electron chi connectivity index (χ3n) is 7.91. The number of carbonyl (C=O) groups is 2. The van der Waals surface area contributed by atoms with Crippen LogP contribution in [0.15, 0.2) is 85.2 Å². The zero-order valence-corrected chi connectivity index (χ0v) is 23.5. The lowest BCUT2D eigenvalue weighted by molar-refractivity contribution is -0.128. The zero-order chi connectivity index (χ0) is 28.1. The Balaban J connectivity index is 1.43. The molecule has 1 aliphatic rings. The highest BCUT2D eigenvalue weighted by molar-refractivity contribution is 5.99. The first-order valence-electron chi connectivity index (χ1n) is 14.3.